The van der Waals surface area contributed by atoms with Gasteiger partial charge in [0.25, 0.3) is 0 Å². The van der Waals surface area contributed by atoms with Gasteiger partial charge in [-0.25, -0.2) is 4.98 Å². The van der Waals surface area contributed by atoms with Gasteiger partial charge in [-0.1, -0.05) is 12.1 Å². The molecular weight excluding hydrogens is 388 g/mol. The summed E-state index contributed by atoms with van der Waals surface area (Å²) in [7, 11) is 3.38. The van der Waals surface area contributed by atoms with Gasteiger partial charge in [0.1, 0.15) is 5.01 Å². The highest BCUT2D eigenvalue weighted by Gasteiger charge is 2.20. The first-order valence-corrected chi connectivity index (χ1v) is 11.4. The van der Waals surface area contributed by atoms with Gasteiger partial charge in [0.2, 0.25) is 0 Å². The van der Waals surface area contributed by atoms with E-state index in [-0.39, 0.29) is 0 Å². The minimum atomic E-state index is 0.799. The second-order valence-corrected chi connectivity index (χ2v) is 8.55. The Morgan fingerprint density at radius 3 is 2.46 bits per heavy atom. The van der Waals surface area contributed by atoms with Crippen LogP contribution in [0.1, 0.15) is 16.8 Å². The maximum absolute atomic E-state index is 5.47. The van der Waals surface area contributed by atoms with Crippen LogP contribution in [0.5, 0.6) is 11.5 Å². The van der Waals surface area contributed by atoms with Crippen LogP contribution in [0.2, 0.25) is 0 Å². The van der Waals surface area contributed by atoms with Gasteiger partial charge in [0.05, 0.1) is 19.9 Å². The first-order valence-electron chi connectivity index (χ1n) is 9.25. The van der Waals surface area contributed by atoms with Crippen LogP contribution in [0.25, 0.3) is 10.6 Å². The molecule has 0 saturated heterocycles. The van der Waals surface area contributed by atoms with Crippen molar-refractivity contribution in [3.63, 3.8) is 0 Å². The number of rotatable bonds is 6. The van der Waals surface area contributed by atoms with Gasteiger partial charge in [-0.15, -0.1) is 23.1 Å². The fourth-order valence-corrected chi connectivity index (χ4v) is 4.78. The minimum Gasteiger partial charge on any atom is -0.493 e. The molecule has 0 bridgehead atoms. The fraction of sp³-hybridized carbons (Fsp3) is 0.318. The van der Waals surface area contributed by atoms with Crippen LogP contribution >= 0.6 is 23.1 Å². The van der Waals surface area contributed by atoms with Crippen molar-refractivity contribution >= 4 is 23.1 Å². The lowest BCUT2D eigenvalue weighted by Gasteiger charge is -2.29. The Labute approximate surface area is 174 Å². The Morgan fingerprint density at radius 2 is 1.79 bits per heavy atom. The smallest absolute Gasteiger partial charge is 0.161 e. The summed E-state index contributed by atoms with van der Waals surface area (Å²) in [4.78, 5) is 8.60. The van der Waals surface area contributed by atoms with Crippen molar-refractivity contribution in [1.29, 1.82) is 0 Å². The molecule has 0 unspecified atom stereocenters. The highest BCUT2D eigenvalue weighted by molar-refractivity contribution is 7.98. The van der Waals surface area contributed by atoms with E-state index in [0.717, 1.165) is 48.3 Å². The quantitative estimate of drug-likeness (QED) is 0.526. The van der Waals surface area contributed by atoms with Gasteiger partial charge < -0.3 is 9.47 Å². The maximum atomic E-state index is 5.47. The molecule has 28 heavy (non-hydrogen) atoms. The van der Waals surface area contributed by atoms with Crippen molar-refractivity contribution in [1.82, 2.24) is 9.88 Å². The number of hydrogen-bond donors (Lipinski definition) is 0. The molecular formula is C22H24N2O2S2. The molecule has 1 aliphatic heterocycles. The number of aromatic nitrogens is 1. The number of nitrogens with zero attached hydrogens (tertiary/aromatic N) is 2. The van der Waals surface area contributed by atoms with Crippen LogP contribution in [0, 0.1) is 0 Å². The highest BCUT2D eigenvalue weighted by Crippen LogP contribution is 2.34. The van der Waals surface area contributed by atoms with Crippen LogP contribution in [-0.2, 0) is 19.5 Å². The van der Waals surface area contributed by atoms with E-state index in [4.69, 9.17) is 14.5 Å². The molecule has 0 radical (unpaired) electrons. The molecule has 0 fully saturated rings. The molecule has 146 valence electrons. The molecule has 0 spiro atoms. The van der Waals surface area contributed by atoms with Crippen molar-refractivity contribution in [3.05, 3.63) is 58.6 Å². The molecule has 6 heteroatoms. The van der Waals surface area contributed by atoms with Crippen molar-refractivity contribution in [2.45, 2.75) is 24.4 Å². The summed E-state index contributed by atoms with van der Waals surface area (Å²) in [6.07, 6.45) is 3.11. The molecule has 0 atom stereocenters. The number of ether oxygens (including phenoxy) is 2. The van der Waals surface area contributed by atoms with E-state index in [1.54, 1.807) is 37.3 Å². The van der Waals surface area contributed by atoms with Crippen LogP contribution in [0.3, 0.4) is 0 Å². The topological polar surface area (TPSA) is 34.6 Å². The first-order chi connectivity index (χ1) is 13.7. The lowest BCUT2D eigenvalue weighted by molar-refractivity contribution is 0.242. The third kappa shape index (κ3) is 4.04. The standard InChI is InChI=1S/C22H24N2O2S2/c1-25-20-10-16-8-9-24(12-17(16)11-21(20)26-2)13-18-14-28-22(23-18)15-4-6-19(27-3)7-5-15/h4-7,10-11,14H,8-9,12-13H2,1-3H3. The molecule has 3 aromatic rings. The number of thiazole rings is 1. The van der Waals surface area contributed by atoms with Gasteiger partial charge in [0, 0.05) is 35.5 Å². The summed E-state index contributed by atoms with van der Waals surface area (Å²) in [6, 6.07) is 12.9. The van der Waals surface area contributed by atoms with E-state index < -0.39 is 0 Å². The molecule has 0 aliphatic carbocycles. The van der Waals surface area contributed by atoms with Gasteiger partial charge in [-0.2, -0.15) is 0 Å². The summed E-state index contributed by atoms with van der Waals surface area (Å²) < 4.78 is 10.9. The second kappa shape index (κ2) is 8.55. The van der Waals surface area contributed by atoms with Gasteiger partial charge >= 0.3 is 0 Å². The summed E-state index contributed by atoms with van der Waals surface area (Å²) in [6.45, 7) is 2.80. The van der Waals surface area contributed by atoms with Crippen LogP contribution in [0.15, 0.2) is 46.7 Å². The van der Waals surface area contributed by atoms with Gasteiger partial charge in [-0.3, -0.25) is 4.90 Å². The summed E-state index contributed by atoms with van der Waals surface area (Å²) in [5, 5.41) is 3.27. The number of benzene rings is 2. The average molecular weight is 413 g/mol. The van der Waals surface area contributed by atoms with E-state index >= 15 is 0 Å². The van der Waals surface area contributed by atoms with E-state index in [9.17, 15) is 0 Å². The lowest BCUT2D eigenvalue weighted by Crippen LogP contribution is -2.30. The van der Waals surface area contributed by atoms with Gasteiger partial charge in [0.15, 0.2) is 11.5 Å². The van der Waals surface area contributed by atoms with E-state index in [2.05, 4.69) is 52.9 Å². The Morgan fingerprint density at radius 1 is 1.07 bits per heavy atom. The first kappa shape index (κ1) is 19.3. The molecule has 0 amide bonds. The summed E-state index contributed by atoms with van der Waals surface area (Å²) in [5.74, 6) is 1.61. The van der Waals surface area contributed by atoms with Crippen molar-refractivity contribution in [2.24, 2.45) is 0 Å². The Bertz CT molecular complexity index is 954. The average Bonchev–Trinajstić information content (AvgIpc) is 3.21. The highest BCUT2D eigenvalue weighted by atomic mass is 32.2. The van der Waals surface area contributed by atoms with Crippen molar-refractivity contribution in [2.75, 3.05) is 27.0 Å². The lowest BCUT2D eigenvalue weighted by atomic mass is 9.98. The van der Waals surface area contributed by atoms with Crippen molar-refractivity contribution in [3.8, 4) is 22.1 Å². The predicted octanol–water partition coefficient (Wildman–Crippen LogP) is 5.11. The molecule has 2 aromatic carbocycles. The largest absolute Gasteiger partial charge is 0.493 e. The molecule has 4 nitrogen and oxygen atoms in total. The Balaban J connectivity index is 1.46. The Hall–Kier alpha value is -2.02. The normalized spacial score (nSPS) is 14.0. The second-order valence-electron chi connectivity index (χ2n) is 6.81. The number of thioether (sulfide) groups is 1. The van der Waals surface area contributed by atoms with E-state index in [0.29, 0.717) is 0 Å². The van der Waals surface area contributed by atoms with Gasteiger partial charge in [-0.05, 0) is 48.1 Å². The van der Waals surface area contributed by atoms with E-state index in [1.807, 2.05) is 0 Å². The fourth-order valence-electron chi connectivity index (χ4n) is 3.55. The zero-order valence-electron chi connectivity index (χ0n) is 16.4. The molecule has 0 saturated carbocycles. The van der Waals surface area contributed by atoms with Crippen LogP contribution in [0.4, 0.5) is 0 Å². The number of fused-ring (bicyclic) bond motifs is 1. The third-order valence-electron chi connectivity index (χ3n) is 5.07. The predicted molar refractivity (Wildman–Crippen MR) is 117 cm³/mol. The zero-order valence-corrected chi connectivity index (χ0v) is 18.0. The molecule has 4 rings (SSSR count). The number of methoxy groups -OCH3 is 2. The maximum Gasteiger partial charge on any atom is 0.161 e. The molecule has 2 heterocycles. The van der Waals surface area contributed by atoms with Crippen LogP contribution in [-0.4, -0.2) is 36.9 Å². The van der Waals surface area contributed by atoms with E-state index in [1.165, 1.54) is 21.6 Å². The summed E-state index contributed by atoms with van der Waals surface area (Å²) >= 11 is 3.48. The van der Waals surface area contributed by atoms with Crippen molar-refractivity contribution < 1.29 is 9.47 Å². The SMILES string of the molecule is COc1cc2c(cc1OC)CN(Cc1csc(-c3ccc(SC)cc3)n1)CC2. The Kier molecular flexibility index (Phi) is 5.90. The molecule has 1 aliphatic rings. The third-order valence-corrected chi connectivity index (χ3v) is 6.76. The minimum absolute atomic E-state index is 0.799. The number of hydrogen-bond acceptors (Lipinski definition) is 6. The summed E-state index contributed by atoms with van der Waals surface area (Å²) in [5.41, 5.74) is 4.99. The molecule has 1 aromatic heterocycles. The monoisotopic (exact) mass is 412 g/mol. The molecule has 0 N–H and O–H groups in total. The zero-order chi connectivity index (χ0) is 19.5. The van der Waals surface area contributed by atoms with Crippen LogP contribution < -0.4 is 9.47 Å².